The van der Waals surface area contributed by atoms with Crippen LogP contribution in [0.1, 0.15) is 46.5 Å². The molecule has 39 heavy (non-hydrogen) atoms. The van der Waals surface area contributed by atoms with Crippen LogP contribution in [0.4, 0.5) is 11.4 Å². The van der Waals surface area contributed by atoms with Crippen LogP contribution >= 0.6 is 0 Å². The standard InChI is InChI=1S/C30H31N3O6/c1-18(2)14-26-28(35)31-23-17-20(27(34)32-24(30(37)38)15-19-8-5-4-6-9-19)12-13-25(23)33(26)29(36)21-10-7-11-22(16-21)39-3/h4-13,16-18,24,26H,14-15H2,1-3H3,(H,31,35)(H,32,34)(H,37,38). The number of carbonyl (C=O) groups excluding carboxylic acids is 3. The van der Waals surface area contributed by atoms with Crippen LogP contribution in [-0.4, -0.2) is 48.0 Å². The second-order valence-electron chi connectivity index (χ2n) is 9.83. The summed E-state index contributed by atoms with van der Waals surface area (Å²) in [6, 6.07) is 18.4. The number of hydrogen-bond acceptors (Lipinski definition) is 5. The van der Waals surface area contributed by atoms with Crippen molar-refractivity contribution in [3.8, 4) is 5.75 Å². The highest BCUT2D eigenvalue weighted by atomic mass is 16.5. The number of aliphatic carboxylic acids is 1. The fourth-order valence-corrected chi connectivity index (χ4v) is 4.59. The maximum Gasteiger partial charge on any atom is 0.326 e. The van der Waals surface area contributed by atoms with Crippen molar-refractivity contribution in [3.05, 3.63) is 89.5 Å². The minimum absolute atomic E-state index is 0.114. The SMILES string of the molecule is COc1cccc(C(=O)N2c3ccc(C(=O)NC(Cc4ccccc4)C(=O)O)cc3NC(=O)C2CC(C)C)c1. The van der Waals surface area contributed by atoms with Crippen LogP contribution in [0, 0.1) is 5.92 Å². The average Bonchev–Trinajstić information content (AvgIpc) is 2.92. The molecule has 2 atom stereocenters. The summed E-state index contributed by atoms with van der Waals surface area (Å²) >= 11 is 0. The molecule has 9 nitrogen and oxygen atoms in total. The smallest absolute Gasteiger partial charge is 0.326 e. The Morgan fingerprint density at radius 2 is 1.74 bits per heavy atom. The monoisotopic (exact) mass is 529 g/mol. The third-order valence-corrected chi connectivity index (χ3v) is 6.51. The van der Waals surface area contributed by atoms with Gasteiger partial charge in [-0.25, -0.2) is 4.79 Å². The van der Waals surface area contributed by atoms with E-state index in [1.54, 1.807) is 54.6 Å². The van der Waals surface area contributed by atoms with Crippen molar-refractivity contribution >= 4 is 35.1 Å². The van der Waals surface area contributed by atoms with Crippen molar-refractivity contribution in [2.45, 2.75) is 38.8 Å². The summed E-state index contributed by atoms with van der Waals surface area (Å²) < 4.78 is 5.27. The van der Waals surface area contributed by atoms with E-state index in [1.165, 1.54) is 24.1 Å². The van der Waals surface area contributed by atoms with Gasteiger partial charge in [0.15, 0.2) is 0 Å². The van der Waals surface area contributed by atoms with E-state index in [4.69, 9.17) is 4.74 Å². The van der Waals surface area contributed by atoms with E-state index < -0.39 is 24.0 Å². The van der Waals surface area contributed by atoms with E-state index in [1.807, 2.05) is 19.9 Å². The minimum atomic E-state index is -1.16. The van der Waals surface area contributed by atoms with Gasteiger partial charge in [0, 0.05) is 17.5 Å². The van der Waals surface area contributed by atoms with Crippen LogP contribution < -0.4 is 20.3 Å². The average molecular weight is 530 g/mol. The molecule has 202 valence electrons. The summed E-state index contributed by atoms with van der Waals surface area (Å²) in [6.45, 7) is 3.94. The first-order chi connectivity index (χ1) is 18.7. The molecule has 3 N–H and O–H groups in total. The fraction of sp³-hybridized carbons (Fsp3) is 0.267. The molecule has 1 aliphatic heterocycles. The molecule has 2 unspecified atom stereocenters. The molecule has 3 aromatic rings. The predicted molar refractivity (Wildman–Crippen MR) is 147 cm³/mol. The Kier molecular flexibility index (Phi) is 8.29. The molecule has 9 heteroatoms. The fourth-order valence-electron chi connectivity index (χ4n) is 4.59. The number of hydrogen-bond donors (Lipinski definition) is 3. The number of carbonyl (C=O) groups is 4. The highest BCUT2D eigenvalue weighted by Gasteiger charge is 2.38. The number of anilines is 2. The number of ether oxygens (including phenoxy) is 1. The second kappa shape index (κ2) is 11.8. The highest BCUT2D eigenvalue weighted by Crippen LogP contribution is 2.36. The molecule has 0 saturated heterocycles. The van der Waals surface area contributed by atoms with Crippen molar-refractivity contribution in [2.75, 3.05) is 17.3 Å². The Morgan fingerprint density at radius 3 is 2.41 bits per heavy atom. The maximum absolute atomic E-state index is 13.7. The first-order valence-electron chi connectivity index (χ1n) is 12.7. The van der Waals surface area contributed by atoms with E-state index in [9.17, 15) is 24.3 Å². The first-order valence-corrected chi connectivity index (χ1v) is 12.7. The largest absolute Gasteiger partial charge is 0.497 e. The van der Waals surface area contributed by atoms with Gasteiger partial charge in [0.2, 0.25) is 5.91 Å². The minimum Gasteiger partial charge on any atom is -0.497 e. The van der Waals surface area contributed by atoms with Gasteiger partial charge in [-0.15, -0.1) is 0 Å². The summed E-state index contributed by atoms with van der Waals surface area (Å²) in [5.41, 5.74) is 2.02. The Balaban J connectivity index is 1.65. The number of methoxy groups -OCH3 is 1. The lowest BCUT2D eigenvalue weighted by Gasteiger charge is -2.37. The Hall–Kier alpha value is -4.66. The Morgan fingerprint density at radius 1 is 1.00 bits per heavy atom. The maximum atomic E-state index is 13.7. The quantitative estimate of drug-likeness (QED) is 0.383. The van der Waals surface area contributed by atoms with Crippen LogP contribution in [-0.2, 0) is 16.0 Å². The van der Waals surface area contributed by atoms with Crippen LogP contribution in [0.3, 0.4) is 0 Å². The summed E-state index contributed by atoms with van der Waals surface area (Å²) in [7, 11) is 1.51. The summed E-state index contributed by atoms with van der Waals surface area (Å²) in [5, 5.41) is 15.1. The molecule has 0 aliphatic carbocycles. The van der Waals surface area contributed by atoms with Crippen molar-refractivity contribution in [1.82, 2.24) is 5.32 Å². The number of carboxylic acids is 1. The van der Waals surface area contributed by atoms with Gasteiger partial charge in [0.1, 0.15) is 17.8 Å². The molecule has 0 saturated carbocycles. The third-order valence-electron chi connectivity index (χ3n) is 6.51. The van der Waals surface area contributed by atoms with Gasteiger partial charge in [0.05, 0.1) is 18.5 Å². The topological polar surface area (TPSA) is 125 Å². The molecular formula is C30H31N3O6. The van der Waals surface area contributed by atoms with Crippen molar-refractivity contribution in [1.29, 1.82) is 0 Å². The van der Waals surface area contributed by atoms with Gasteiger partial charge in [-0.05, 0) is 54.3 Å². The normalized spacial score (nSPS) is 15.2. The molecular weight excluding hydrogens is 498 g/mol. The van der Waals surface area contributed by atoms with E-state index in [2.05, 4.69) is 10.6 Å². The zero-order chi connectivity index (χ0) is 28.1. The number of benzene rings is 3. The summed E-state index contributed by atoms with van der Waals surface area (Å²) in [6.07, 6.45) is 0.548. The van der Waals surface area contributed by atoms with Crippen LogP contribution in [0.15, 0.2) is 72.8 Å². The third kappa shape index (κ3) is 6.26. The number of fused-ring (bicyclic) bond motifs is 1. The van der Waals surface area contributed by atoms with Crippen LogP contribution in [0.25, 0.3) is 0 Å². The lowest BCUT2D eigenvalue weighted by Crippen LogP contribution is -2.51. The van der Waals surface area contributed by atoms with Crippen molar-refractivity contribution < 1.29 is 29.0 Å². The zero-order valence-electron chi connectivity index (χ0n) is 22.0. The number of amides is 3. The zero-order valence-corrected chi connectivity index (χ0v) is 22.0. The second-order valence-corrected chi connectivity index (χ2v) is 9.83. The lowest BCUT2D eigenvalue weighted by molar-refractivity contribution is -0.139. The van der Waals surface area contributed by atoms with Gasteiger partial charge >= 0.3 is 5.97 Å². The summed E-state index contributed by atoms with van der Waals surface area (Å²) in [4.78, 5) is 53.3. The number of nitrogens with one attached hydrogen (secondary N) is 2. The van der Waals surface area contributed by atoms with Gasteiger partial charge in [-0.2, -0.15) is 0 Å². The van der Waals surface area contributed by atoms with E-state index in [0.717, 1.165) is 5.56 Å². The van der Waals surface area contributed by atoms with E-state index in [-0.39, 0.29) is 29.7 Å². The molecule has 1 heterocycles. The number of carboxylic acid groups (broad SMARTS) is 1. The molecule has 3 aromatic carbocycles. The van der Waals surface area contributed by atoms with E-state index >= 15 is 0 Å². The van der Waals surface area contributed by atoms with Crippen LogP contribution in [0.2, 0.25) is 0 Å². The predicted octanol–water partition coefficient (Wildman–Crippen LogP) is 4.13. The Bertz CT molecular complexity index is 1390. The lowest BCUT2D eigenvalue weighted by atomic mass is 9.96. The molecule has 0 fully saturated rings. The van der Waals surface area contributed by atoms with Crippen LogP contribution in [0.5, 0.6) is 5.75 Å². The van der Waals surface area contributed by atoms with Crippen molar-refractivity contribution in [3.63, 3.8) is 0 Å². The molecule has 0 bridgehead atoms. The molecule has 4 rings (SSSR count). The number of nitrogens with zero attached hydrogens (tertiary/aromatic N) is 1. The Labute approximate surface area is 226 Å². The molecule has 3 amide bonds. The molecule has 0 spiro atoms. The van der Waals surface area contributed by atoms with Gasteiger partial charge in [0.25, 0.3) is 11.8 Å². The molecule has 0 aromatic heterocycles. The van der Waals surface area contributed by atoms with Gasteiger partial charge in [-0.3, -0.25) is 19.3 Å². The molecule has 0 radical (unpaired) electrons. The number of rotatable bonds is 9. The highest BCUT2D eigenvalue weighted by molar-refractivity contribution is 6.17. The van der Waals surface area contributed by atoms with Gasteiger partial charge in [-0.1, -0.05) is 50.2 Å². The van der Waals surface area contributed by atoms with Crippen molar-refractivity contribution in [2.24, 2.45) is 5.92 Å². The van der Waals surface area contributed by atoms with E-state index in [0.29, 0.717) is 29.1 Å². The molecule has 1 aliphatic rings. The summed E-state index contributed by atoms with van der Waals surface area (Å²) in [5.74, 6) is -1.86. The first kappa shape index (κ1) is 27.4. The van der Waals surface area contributed by atoms with Gasteiger partial charge < -0.3 is 20.5 Å².